The van der Waals surface area contributed by atoms with E-state index in [-0.39, 0.29) is 63.3 Å². The van der Waals surface area contributed by atoms with Crippen LogP contribution >= 0.6 is 0 Å². The number of unbranched alkanes of at least 4 members (excludes halogenated alkanes) is 1. The molecule has 0 amide bonds. The lowest BCUT2D eigenvalue weighted by atomic mass is 9.45. The topological polar surface area (TPSA) is 270 Å². The molecule has 3 saturated heterocycles. The first-order chi connectivity index (χ1) is 39.4. The number of methoxy groups -OCH3 is 1. The maximum Gasteiger partial charge on any atom is 0.338 e. The van der Waals surface area contributed by atoms with Crippen LogP contribution in [0.25, 0.3) is 0 Å². The zero-order valence-electron chi connectivity index (χ0n) is 53.7. The zero-order valence-corrected chi connectivity index (χ0v) is 53.7. The van der Waals surface area contributed by atoms with Crippen LogP contribution in [-0.2, 0) is 57.1 Å². The molecule has 20 nitrogen and oxygen atoms in total. The van der Waals surface area contributed by atoms with E-state index in [0.29, 0.717) is 37.8 Å². The van der Waals surface area contributed by atoms with Crippen molar-refractivity contribution < 1.29 is 92.1 Å². The van der Waals surface area contributed by atoms with Gasteiger partial charge in [0.05, 0.1) is 60.3 Å². The van der Waals surface area contributed by atoms with Crippen LogP contribution in [0.1, 0.15) is 161 Å². The Morgan fingerprint density at radius 3 is 2.18 bits per heavy atom. The van der Waals surface area contributed by atoms with Crippen molar-refractivity contribution in [1.29, 1.82) is 0 Å². The van der Waals surface area contributed by atoms with E-state index in [2.05, 4.69) is 0 Å². The van der Waals surface area contributed by atoms with Crippen molar-refractivity contribution in [1.82, 2.24) is 9.80 Å². The number of likely N-dealkylation sites (N-methyl/N-ethyl adjacent to an activating group) is 2. The summed E-state index contributed by atoms with van der Waals surface area (Å²) in [7, 11) is 7.00. The number of hydrogen-bond acceptors (Lipinski definition) is 20. The number of aliphatic hydroxyl groups is 6. The molecule has 0 bridgehead atoms. The molecule has 486 valence electrons. The molecule has 3 saturated carbocycles. The first-order valence-electron chi connectivity index (χ1n) is 31.3. The summed E-state index contributed by atoms with van der Waals surface area (Å²) in [5.41, 5.74) is -10.7. The number of hydrogen-bond donors (Lipinski definition) is 6. The van der Waals surface area contributed by atoms with E-state index in [1.165, 1.54) is 26.2 Å². The number of esters is 3. The molecule has 7 unspecified atom stereocenters. The molecule has 7 aliphatic rings. The molecule has 0 aromatic rings. The molecule has 6 fully saturated rings. The van der Waals surface area contributed by atoms with Crippen LogP contribution in [0.5, 0.6) is 0 Å². The van der Waals surface area contributed by atoms with Crippen LogP contribution in [0.2, 0.25) is 0 Å². The molecule has 7 rings (SSSR count). The summed E-state index contributed by atoms with van der Waals surface area (Å²) in [6, 6.07) is -1.08. The quantitative estimate of drug-likeness (QED) is 0.0711. The van der Waals surface area contributed by atoms with Gasteiger partial charge >= 0.3 is 17.9 Å². The van der Waals surface area contributed by atoms with Gasteiger partial charge in [0.2, 0.25) is 0 Å². The van der Waals surface area contributed by atoms with Gasteiger partial charge < -0.3 is 78.3 Å². The van der Waals surface area contributed by atoms with Gasteiger partial charge in [-0.05, 0) is 164 Å². The minimum Gasteiger partial charge on any atom is -0.464 e. The fourth-order valence-corrected chi connectivity index (χ4v) is 16.7. The monoisotopic (exact) mass is 1210 g/mol. The van der Waals surface area contributed by atoms with Crippen molar-refractivity contribution >= 4 is 23.7 Å². The summed E-state index contributed by atoms with van der Waals surface area (Å²) in [5, 5.41) is 72.3. The lowest BCUT2D eigenvalue weighted by Gasteiger charge is -2.62. The lowest BCUT2D eigenvalue weighted by Crippen LogP contribution is -2.69. The molecule has 0 radical (unpaired) electrons. The summed E-state index contributed by atoms with van der Waals surface area (Å²) in [5.74, 6) is -6.55. The predicted octanol–water partition coefficient (Wildman–Crippen LogP) is 5.51. The predicted molar refractivity (Wildman–Crippen MR) is 311 cm³/mol. The molecule has 85 heavy (non-hydrogen) atoms. The molecular weight excluding hydrogens is 1100 g/mol. The average molecular weight is 1210 g/mol. The summed E-state index contributed by atoms with van der Waals surface area (Å²) in [4.78, 5) is 59.2. The maximum absolute atomic E-state index is 17.8. The number of halogens is 1. The largest absolute Gasteiger partial charge is 0.464 e. The molecule has 26 atom stereocenters. The number of allylic oxidation sites excluding steroid dienone is 4. The molecule has 0 spiro atoms. The number of fused-ring (bicyclic) bond motifs is 5. The Morgan fingerprint density at radius 2 is 1.54 bits per heavy atom. The standard InChI is InChI=1S/C64H105FN2O18/c1-18-47-62(13,76)52(71)39(7)67(16)33-34(2)30-60(11,75)54(37(5)50(38(6)55(73)82-47)84-49-32-61(12,78-17)53(72)40(8)81-49)85-56-51(45(66(14)15)28-36(4)80-56)83-48(70)21-19-20-26-79-57(74)64(77)35(3)27-44-43-23-22-41-29-42(68)24-25-58(41,9)63(43,65)46(69)31-59(44,64)10/h24-25,29,34-40,43-47,49-54,56,69,71-72,75-77H,18-23,26-28,30-33H2,1-17H3/t34-,35-,36?,37+,38-,39-,40?,43?,44?,45-,46+,47-,49?,50+,51-,52-,53?,54-,56?,58+,59+,60-,61+,62-,63+,64+/m1/s1. The highest BCUT2D eigenvalue weighted by Gasteiger charge is 2.76. The van der Waals surface area contributed by atoms with Crippen molar-refractivity contribution in [3.63, 3.8) is 0 Å². The molecule has 6 N–H and O–H groups in total. The van der Waals surface area contributed by atoms with Gasteiger partial charge in [0.15, 0.2) is 35.7 Å². The second-order valence-electron chi connectivity index (χ2n) is 28.4. The maximum atomic E-state index is 17.8. The van der Waals surface area contributed by atoms with Crippen LogP contribution in [0, 0.1) is 46.3 Å². The van der Waals surface area contributed by atoms with Gasteiger partial charge in [0.1, 0.15) is 23.9 Å². The molecule has 3 heterocycles. The number of ketones is 1. The fourth-order valence-electron chi connectivity index (χ4n) is 16.7. The number of carbonyl (C=O) groups is 4. The number of cyclic esters (lactones) is 1. The minimum absolute atomic E-state index is 0.0493. The van der Waals surface area contributed by atoms with Crippen LogP contribution in [0.4, 0.5) is 4.39 Å². The summed E-state index contributed by atoms with van der Waals surface area (Å²) < 4.78 is 68.8. The van der Waals surface area contributed by atoms with Crippen molar-refractivity contribution in [3.8, 4) is 0 Å². The molecule has 0 aromatic heterocycles. The number of rotatable bonds is 14. The first-order valence-corrected chi connectivity index (χ1v) is 31.3. The summed E-state index contributed by atoms with van der Waals surface area (Å²) >= 11 is 0. The zero-order chi connectivity index (χ0) is 63.5. The van der Waals surface area contributed by atoms with E-state index < -0.39 is 166 Å². The van der Waals surface area contributed by atoms with Gasteiger partial charge in [-0.15, -0.1) is 0 Å². The third-order valence-corrected chi connectivity index (χ3v) is 22.0. The van der Waals surface area contributed by atoms with E-state index >= 15 is 4.39 Å². The summed E-state index contributed by atoms with van der Waals surface area (Å²) in [6.45, 7) is 22.7. The number of nitrogens with zero attached hydrogens (tertiary/aromatic N) is 2. The molecule has 0 aromatic carbocycles. The van der Waals surface area contributed by atoms with Crippen molar-refractivity contribution in [2.75, 3.05) is 41.4 Å². The van der Waals surface area contributed by atoms with E-state index in [1.54, 1.807) is 75.3 Å². The first kappa shape index (κ1) is 69.4. The van der Waals surface area contributed by atoms with E-state index in [9.17, 15) is 49.8 Å². The Balaban J connectivity index is 1.10. The molecular formula is C64H105FN2O18. The Bertz CT molecular complexity index is 2440. The van der Waals surface area contributed by atoms with Gasteiger partial charge in [-0.2, -0.15) is 0 Å². The lowest BCUT2D eigenvalue weighted by molar-refractivity contribution is -0.319. The Hall–Kier alpha value is -3.03. The molecule has 4 aliphatic carbocycles. The van der Waals surface area contributed by atoms with Gasteiger partial charge in [-0.25, -0.2) is 9.18 Å². The van der Waals surface area contributed by atoms with Gasteiger partial charge in [-0.3, -0.25) is 14.4 Å². The van der Waals surface area contributed by atoms with Crippen LogP contribution in [0.15, 0.2) is 23.8 Å². The van der Waals surface area contributed by atoms with Gasteiger partial charge in [0.25, 0.3) is 0 Å². The van der Waals surface area contributed by atoms with Crippen molar-refractivity contribution in [2.24, 2.45) is 46.3 Å². The van der Waals surface area contributed by atoms with Crippen LogP contribution in [0.3, 0.4) is 0 Å². The minimum atomic E-state index is -2.13. The second-order valence-corrected chi connectivity index (χ2v) is 28.4. The number of aliphatic hydroxyl groups excluding tert-OH is 3. The number of alkyl halides is 1. The summed E-state index contributed by atoms with van der Waals surface area (Å²) in [6.07, 6.45) is -5.63. The van der Waals surface area contributed by atoms with Gasteiger partial charge in [0, 0.05) is 55.2 Å². The van der Waals surface area contributed by atoms with E-state index in [0.717, 1.165) is 0 Å². The normalized spacial score (nSPS) is 48.4. The SMILES string of the molecule is CC[C@H]1OC(=O)[C@H](C)[C@@H](OC2C[C@](C)(OC)C(O)C(C)O2)[C@H](C)[C@@H](OC2OC(C)C[C@@H](N(C)C)[C@H]2OC(=O)CCCCOC(=O)[C@@]2(O)[C@H](C)CC3C4CCC5=CC(=O)C=C[C@]5(C)[C@@]4(F)[C@@H](O)C[C@@]32C)[C@](C)(O)C[C@@H](C)CN(C)[C@H](C)[C@@H](O)[C@]1(C)O. The van der Waals surface area contributed by atoms with Crippen molar-refractivity contribution in [2.45, 2.75) is 268 Å². The highest BCUT2D eigenvalue weighted by Crippen LogP contribution is 2.71. The molecule has 3 aliphatic heterocycles. The number of ether oxygens (including phenoxy) is 8. The van der Waals surface area contributed by atoms with E-state index in [1.807, 2.05) is 44.8 Å². The Morgan fingerprint density at radius 1 is 0.871 bits per heavy atom. The number of carbonyl (C=O) groups excluding carboxylic acids is 4. The third-order valence-electron chi connectivity index (χ3n) is 22.0. The van der Waals surface area contributed by atoms with Crippen LogP contribution < -0.4 is 0 Å². The Labute approximate surface area is 503 Å². The second kappa shape index (κ2) is 26.1. The smallest absolute Gasteiger partial charge is 0.338 e. The van der Waals surface area contributed by atoms with Crippen molar-refractivity contribution in [3.05, 3.63) is 23.8 Å². The highest BCUT2D eigenvalue weighted by atomic mass is 19.1. The fraction of sp³-hybridized carbons (Fsp3) is 0.875. The average Bonchev–Trinajstić information content (AvgIpc) is 1.71. The third kappa shape index (κ3) is 12.9. The highest BCUT2D eigenvalue weighted by molar-refractivity contribution is 6.01. The van der Waals surface area contributed by atoms with Gasteiger partial charge in [-0.1, -0.05) is 46.3 Å². The Kier molecular flexibility index (Phi) is 21.3. The van der Waals surface area contributed by atoms with E-state index in [4.69, 9.17) is 37.9 Å². The van der Waals surface area contributed by atoms with Crippen LogP contribution in [-0.4, -0.2) is 213 Å². The molecule has 21 heteroatoms.